The number of alkyl halides is 1. The second-order valence-corrected chi connectivity index (χ2v) is 4.16. The third-order valence-electron chi connectivity index (χ3n) is 2.28. The molecule has 0 fully saturated rings. The van der Waals surface area contributed by atoms with E-state index in [1.807, 2.05) is 18.2 Å². The van der Waals surface area contributed by atoms with Gasteiger partial charge in [-0.2, -0.15) is 0 Å². The summed E-state index contributed by atoms with van der Waals surface area (Å²) >= 11 is 9.55. The molecule has 0 spiro atoms. The third-order valence-corrected chi connectivity index (χ3v) is 2.80. The van der Waals surface area contributed by atoms with Crippen molar-refractivity contribution in [3.05, 3.63) is 35.4 Å². The molecule has 0 aromatic heterocycles. The third kappa shape index (κ3) is 4.33. The molecule has 0 amide bonds. The lowest BCUT2D eigenvalue weighted by Crippen LogP contribution is -2.12. The molecule has 1 aliphatic rings. The molecule has 16 heavy (non-hydrogen) atoms. The van der Waals surface area contributed by atoms with Crippen LogP contribution in [-0.2, 0) is 22.4 Å². The Bertz CT molecular complexity index is 388. The van der Waals surface area contributed by atoms with Gasteiger partial charge in [-0.15, -0.1) is 11.6 Å². The first kappa shape index (κ1) is 13.2. The molecule has 0 N–H and O–H groups in total. The first-order valence-electron chi connectivity index (χ1n) is 4.96. The minimum Gasteiger partial charge on any atom is -0.299 e. The van der Waals surface area contributed by atoms with Crippen molar-refractivity contribution in [3.8, 4) is 0 Å². The van der Waals surface area contributed by atoms with E-state index in [1.165, 1.54) is 11.1 Å². The summed E-state index contributed by atoms with van der Waals surface area (Å²) in [5.74, 6) is 0.283. The number of carbonyl (C=O) groups excluding carboxylic acids is 2. The van der Waals surface area contributed by atoms with Crippen molar-refractivity contribution < 1.29 is 9.59 Å². The quantitative estimate of drug-likeness (QED) is 0.574. The van der Waals surface area contributed by atoms with Gasteiger partial charge in [-0.1, -0.05) is 24.3 Å². The number of hydrogen-bond donors (Lipinski definition) is 0. The van der Waals surface area contributed by atoms with Gasteiger partial charge < -0.3 is 0 Å². The molecule has 86 valence electrons. The van der Waals surface area contributed by atoms with Crippen LogP contribution >= 0.6 is 23.2 Å². The van der Waals surface area contributed by atoms with Crippen molar-refractivity contribution in [2.75, 3.05) is 5.88 Å². The molecule has 2 nitrogen and oxygen atoms in total. The molecule has 0 heterocycles. The Kier molecular flexibility index (Phi) is 5.50. The second kappa shape index (κ2) is 6.66. The van der Waals surface area contributed by atoms with Crippen molar-refractivity contribution in [2.24, 2.45) is 0 Å². The summed E-state index contributed by atoms with van der Waals surface area (Å²) in [4.78, 5) is 20.5. The number of ketones is 1. The Balaban J connectivity index is 0.000000221. The fourth-order valence-corrected chi connectivity index (χ4v) is 1.55. The van der Waals surface area contributed by atoms with Crippen LogP contribution in [0.2, 0.25) is 0 Å². The molecule has 1 aromatic rings. The van der Waals surface area contributed by atoms with Crippen LogP contribution in [0, 0.1) is 0 Å². The number of fused-ring (bicyclic) bond motifs is 1. The van der Waals surface area contributed by atoms with Crippen molar-refractivity contribution in [1.29, 1.82) is 0 Å². The molecular formula is C12H12Cl2O2. The smallest absolute Gasteiger partial charge is 0.236 e. The van der Waals surface area contributed by atoms with E-state index in [-0.39, 0.29) is 5.88 Å². The Labute approximate surface area is 105 Å². The number of rotatable bonds is 1. The van der Waals surface area contributed by atoms with Crippen LogP contribution in [-0.4, -0.2) is 16.9 Å². The van der Waals surface area contributed by atoms with Crippen LogP contribution in [0.1, 0.15) is 17.5 Å². The second-order valence-electron chi connectivity index (χ2n) is 3.47. The van der Waals surface area contributed by atoms with Crippen molar-refractivity contribution in [1.82, 2.24) is 0 Å². The fourth-order valence-electron chi connectivity index (χ4n) is 1.55. The maximum atomic E-state index is 11.0. The highest BCUT2D eigenvalue weighted by molar-refractivity contribution is 6.67. The number of benzene rings is 1. The standard InChI is InChI=1S/C10H10O.C2H2Cl2O/c11-10-6-5-8-3-1-2-4-9(8)7-10;3-1-2(4)5/h1-4H,5-7H2;1H2. The van der Waals surface area contributed by atoms with Crippen molar-refractivity contribution in [3.63, 3.8) is 0 Å². The molecule has 1 aliphatic carbocycles. The van der Waals surface area contributed by atoms with E-state index in [1.54, 1.807) is 0 Å². The minimum atomic E-state index is -0.508. The van der Waals surface area contributed by atoms with E-state index >= 15 is 0 Å². The van der Waals surface area contributed by atoms with Gasteiger partial charge in [-0.05, 0) is 29.1 Å². The monoisotopic (exact) mass is 258 g/mol. The van der Waals surface area contributed by atoms with E-state index in [0.29, 0.717) is 12.2 Å². The lowest BCUT2D eigenvalue weighted by atomic mass is 9.91. The van der Waals surface area contributed by atoms with Crippen LogP contribution < -0.4 is 0 Å². The highest BCUT2D eigenvalue weighted by atomic mass is 35.5. The van der Waals surface area contributed by atoms with Gasteiger partial charge >= 0.3 is 0 Å². The van der Waals surface area contributed by atoms with Crippen molar-refractivity contribution in [2.45, 2.75) is 19.3 Å². The molecule has 0 radical (unpaired) electrons. The van der Waals surface area contributed by atoms with E-state index < -0.39 is 5.24 Å². The zero-order valence-electron chi connectivity index (χ0n) is 8.71. The summed E-state index contributed by atoms with van der Waals surface area (Å²) in [7, 11) is 0. The molecule has 1 aromatic carbocycles. The normalized spacial score (nSPS) is 13.5. The largest absolute Gasteiger partial charge is 0.299 e. The number of carbonyl (C=O) groups is 2. The highest BCUT2D eigenvalue weighted by Crippen LogP contribution is 2.17. The van der Waals surface area contributed by atoms with Gasteiger partial charge in [0.25, 0.3) is 0 Å². The molecule has 2 rings (SSSR count). The molecule has 0 aliphatic heterocycles. The molecule has 0 bridgehead atoms. The number of hydrogen-bond acceptors (Lipinski definition) is 2. The number of halogens is 2. The predicted octanol–water partition coefficient (Wildman–Crippen LogP) is 2.74. The van der Waals surface area contributed by atoms with E-state index in [4.69, 9.17) is 23.2 Å². The Hall–Kier alpha value is -0.860. The summed E-state index contributed by atoms with van der Waals surface area (Å²) in [5, 5.41) is -0.508. The number of Topliss-reactive ketones (excluding diaryl/α,β-unsaturated/α-hetero) is 1. The predicted molar refractivity (Wildman–Crippen MR) is 65.1 cm³/mol. The lowest BCUT2D eigenvalue weighted by Gasteiger charge is -2.13. The lowest BCUT2D eigenvalue weighted by molar-refractivity contribution is -0.118. The highest BCUT2D eigenvalue weighted by Gasteiger charge is 2.13. The van der Waals surface area contributed by atoms with Gasteiger partial charge in [0.05, 0.1) is 5.88 Å². The Morgan fingerprint density at radius 2 is 1.75 bits per heavy atom. The average Bonchev–Trinajstić information content (AvgIpc) is 2.29. The van der Waals surface area contributed by atoms with Crippen LogP contribution in [0.5, 0.6) is 0 Å². The summed E-state index contributed by atoms with van der Waals surface area (Å²) in [6, 6.07) is 8.19. The van der Waals surface area contributed by atoms with Gasteiger partial charge in [0.2, 0.25) is 5.24 Å². The molecule has 0 unspecified atom stereocenters. The molecule has 0 saturated heterocycles. The maximum absolute atomic E-state index is 11.0. The zero-order chi connectivity index (χ0) is 12.0. The first-order valence-corrected chi connectivity index (χ1v) is 5.87. The van der Waals surface area contributed by atoms with Gasteiger partial charge in [0.1, 0.15) is 5.78 Å². The number of aryl methyl sites for hydroxylation is 1. The summed E-state index contributed by atoms with van der Waals surface area (Å²) in [6.07, 6.45) is 2.32. The van der Waals surface area contributed by atoms with Crippen LogP contribution in [0.25, 0.3) is 0 Å². The van der Waals surface area contributed by atoms with E-state index in [0.717, 1.165) is 12.8 Å². The fraction of sp³-hybridized carbons (Fsp3) is 0.333. The topological polar surface area (TPSA) is 34.1 Å². The van der Waals surface area contributed by atoms with Gasteiger partial charge in [-0.3, -0.25) is 9.59 Å². The van der Waals surface area contributed by atoms with Gasteiger partial charge in [0, 0.05) is 12.8 Å². The van der Waals surface area contributed by atoms with E-state index in [2.05, 4.69) is 6.07 Å². The van der Waals surface area contributed by atoms with Crippen molar-refractivity contribution >= 4 is 34.2 Å². The SMILES string of the molecule is O=C(Cl)CCl.O=C1CCc2ccccc2C1. The summed E-state index contributed by atoms with van der Waals surface area (Å²) in [6.45, 7) is 0. The average molecular weight is 259 g/mol. The minimum absolute atomic E-state index is 0.0957. The van der Waals surface area contributed by atoms with Crippen LogP contribution in [0.4, 0.5) is 0 Å². The first-order chi connectivity index (χ1) is 7.63. The molecule has 0 atom stereocenters. The van der Waals surface area contributed by atoms with Crippen LogP contribution in [0.15, 0.2) is 24.3 Å². The van der Waals surface area contributed by atoms with Gasteiger partial charge in [0.15, 0.2) is 0 Å². The molecule has 4 heteroatoms. The summed E-state index contributed by atoms with van der Waals surface area (Å²) < 4.78 is 0. The Morgan fingerprint density at radius 1 is 1.19 bits per heavy atom. The Morgan fingerprint density at radius 3 is 2.31 bits per heavy atom. The van der Waals surface area contributed by atoms with E-state index in [9.17, 15) is 9.59 Å². The maximum Gasteiger partial charge on any atom is 0.236 e. The van der Waals surface area contributed by atoms with Gasteiger partial charge in [-0.25, -0.2) is 0 Å². The molecular weight excluding hydrogens is 247 g/mol. The molecule has 0 saturated carbocycles. The zero-order valence-corrected chi connectivity index (χ0v) is 10.2. The summed E-state index contributed by atoms with van der Waals surface area (Å²) in [5.41, 5.74) is 2.58. The van der Waals surface area contributed by atoms with Crippen LogP contribution in [0.3, 0.4) is 0 Å².